The highest BCUT2D eigenvalue weighted by Crippen LogP contribution is 2.14. The monoisotopic (exact) mass is 271 g/mol. The number of nitriles is 1. The zero-order chi connectivity index (χ0) is 14.5. The van der Waals surface area contributed by atoms with Gasteiger partial charge in [-0.2, -0.15) is 5.26 Å². The molecule has 0 aliphatic carbocycles. The molecule has 0 atom stereocenters. The third kappa shape index (κ3) is 3.35. The predicted octanol–water partition coefficient (Wildman–Crippen LogP) is 0.956. The van der Waals surface area contributed by atoms with Crippen molar-refractivity contribution >= 4 is 12.6 Å². The van der Waals surface area contributed by atoms with Gasteiger partial charge in [-0.15, -0.1) is 0 Å². The highest BCUT2D eigenvalue weighted by molar-refractivity contribution is 6.58. The quantitative estimate of drug-likeness (QED) is 0.812. The summed E-state index contributed by atoms with van der Waals surface area (Å²) in [4.78, 5) is 0. The number of halogens is 1. The lowest BCUT2D eigenvalue weighted by atomic mass is 9.80. The molecule has 0 saturated carbocycles. The van der Waals surface area contributed by atoms with Crippen molar-refractivity contribution in [2.24, 2.45) is 0 Å². The smallest absolute Gasteiger partial charge is 0.488 e. The fourth-order valence-corrected chi connectivity index (χ4v) is 1.68. The molecule has 20 heavy (non-hydrogen) atoms. The molecule has 2 aromatic rings. The van der Waals surface area contributed by atoms with Crippen LogP contribution in [-0.4, -0.2) is 17.2 Å². The van der Waals surface area contributed by atoms with Crippen molar-refractivity contribution in [2.45, 2.75) is 6.61 Å². The van der Waals surface area contributed by atoms with Crippen LogP contribution in [0.5, 0.6) is 5.75 Å². The van der Waals surface area contributed by atoms with Gasteiger partial charge in [0, 0.05) is 0 Å². The summed E-state index contributed by atoms with van der Waals surface area (Å²) in [5.74, 6) is -0.111. The molecule has 0 radical (unpaired) electrons. The van der Waals surface area contributed by atoms with E-state index >= 15 is 0 Å². The Morgan fingerprint density at radius 2 is 2.00 bits per heavy atom. The van der Waals surface area contributed by atoms with E-state index in [9.17, 15) is 4.39 Å². The van der Waals surface area contributed by atoms with Crippen LogP contribution in [0.2, 0.25) is 0 Å². The summed E-state index contributed by atoms with van der Waals surface area (Å²) < 4.78 is 18.6. The van der Waals surface area contributed by atoms with E-state index in [0.717, 1.165) is 0 Å². The predicted molar refractivity (Wildman–Crippen MR) is 71.7 cm³/mol. The first kappa shape index (κ1) is 14.1. The largest absolute Gasteiger partial charge is 0.489 e. The molecule has 0 fully saturated rings. The lowest BCUT2D eigenvalue weighted by molar-refractivity contribution is 0.306. The van der Waals surface area contributed by atoms with E-state index in [-0.39, 0.29) is 12.2 Å². The van der Waals surface area contributed by atoms with Crippen LogP contribution in [0.1, 0.15) is 11.1 Å². The highest BCUT2D eigenvalue weighted by atomic mass is 19.1. The van der Waals surface area contributed by atoms with Gasteiger partial charge in [-0.25, -0.2) is 4.39 Å². The Kier molecular flexibility index (Phi) is 4.36. The molecule has 0 bridgehead atoms. The van der Waals surface area contributed by atoms with Crippen molar-refractivity contribution < 1.29 is 19.2 Å². The van der Waals surface area contributed by atoms with Crippen molar-refractivity contribution in [1.82, 2.24) is 0 Å². The summed E-state index contributed by atoms with van der Waals surface area (Å²) in [6.07, 6.45) is 0. The average molecular weight is 271 g/mol. The highest BCUT2D eigenvalue weighted by Gasteiger charge is 2.11. The van der Waals surface area contributed by atoms with Crippen molar-refractivity contribution in [2.75, 3.05) is 0 Å². The third-order valence-corrected chi connectivity index (χ3v) is 2.71. The fraction of sp³-hybridized carbons (Fsp3) is 0.0714. The molecular formula is C14H11BFNO3. The number of hydrogen-bond donors (Lipinski definition) is 2. The topological polar surface area (TPSA) is 73.5 Å². The van der Waals surface area contributed by atoms with Gasteiger partial charge in [0.2, 0.25) is 0 Å². The van der Waals surface area contributed by atoms with Crippen LogP contribution in [0, 0.1) is 17.1 Å². The second-order valence-electron chi connectivity index (χ2n) is 4.16. The van der Waals surface area contributed by atoms with Gasteiger partial charge in [0.1, 0.15) is 24.2 Å². The van der Waals surface area contributed by atoms with E-state index in [2.05, 4.69) is 0 Å². The minimum absolute atomic E-state index is 0.0365. The molecule has 4 nitrogen and oxygen atoms in total. The lowest BCUT2D eigenvalue weighted by Gasteiger charge is -2.08. The lowest BCUT2D eigenvalue weighted by Crippen LogP contribution is -2.29. The van der Waals surface area contributed by atoms with E-state index < -0.39 is 12.9 Å². The molecule has 0 aliphatic rings. The van der Waals surface area contributed by atoms with Gasteiger partial charge in [0.15, 0.2) is 0 Å². The molecule has 2 rings (SSSR count). The first-order valence-corrected chi connectivity index (χ1v) is 5.87. The Hall–Kier alpha value is -2.36. The first-order chi connectivity index (χ1) is 9.60. The molecule has 0 unspecified atom stereocenters. The Balaban J connectivity index is 2.09. The van der Waals surface area contributed by atoms with Crippen LogP contribution < -0.4 is 10.2 Å². The summed E-state index contributed by atoms with van der Waals surface area (Å²) in [6, 6.07) is 12.3. The zero-order valence-corrected chi connectivity index (χ0v) is 10.5. The second-order valence-corrected chi connectivity index (χ2v) is 4.16. The second kappa shape index (κ2) is 6.19. The molecule has 0 aliphatic heterocycles. The molecular weight excluding hydrogens is 260 g/mol. The summed E-state index contributed by atoms with van der Waals surface area (Å²) >= 11 is 0. The van der Waals surface area contributed by atoms with Crippen LogP contribution in [0.3, 0.4) is 0 Å². The molecule has 0 amide bonds. The number of ether oxygens (including phenoxy) is 1. The van der Waals surface area contributed by atoms with E-state index in [1.165, 1.54) is 24.3 Å². The van der Waals surface area contributed by atoms with E-state index in [1.54, 1.807) is 24.3 Å². The third-order valence-electron chi connectivity index (χ3n) is 2.71. The summed E-state index contributed by atoms with van der Waals surface area (Å²) in [6.45, 7) is 0.153. The van der Waals surface area contributed by atoms with Gasteiger partial charge < -0.3 is 14.8 Å². The van der Waals surface area contributed by atoms with Gasteiger partial charge in [0.05, 0.1) is 5.56 Å². The van der Waals surface area contributed by atoms with Crippen molar-refractivity contribution in [3.8, 4) is 11.8 Å². The fourth-order valence-electron chi connectivity index (χ4n) is 1.68. The zero-order valence-electron chi connectivity index (χ0n) is 10.5. The summed E-state index contributed by atoms with van der Waals surface area (Å²) in [7, 11) is -1.56. The summed E-state index contributed by atoms with van der Waals surface area (Å²) in [5, 5.41) is 26.8. The number of hydrogen-bond acceptors (Lipinski definition) is 4. The van der Waals surface area contributed by atoms with Crippen LogP contribution in [-0.2, 0) is 6.61 Å². The van der Waals surface area contributed by atoms with Crippen LogP contribution in [0.4, 0.5) is 4.39 Å². The molecule has 0 spiro atoms. The van der Waals surface area contributed by atoms with Gasteiger partial charge in [-0.05, 0) is 35.3 Å². The van der Waals surface area contributed by atoms with Crippen LogP contribution in [0.15, 0.2) is 42.5 Å². The SMILES string of the molecule is N#Cc1cc(COc2cccc(B(O)O)c2)ccc1F. The van der Waals surface area contributed by atoms with Gasteiger partial charge in [0.25, 0.3) is 0 Å². The minimum Gasteiger partial charge on any atom is -0.489 e. The standard InChI is InChI=1S/C14H11BFNO3/c16-14-5-4-10(6-11(14)8-17)9-20-13-3-1-2-12(7-13)15(18)19/h1-7,18-19H,9H2. The maximum absolute atomic E-state index is 13.2. The van der Waals surface area contributed by atoms with E-state index in [0.29, 0.717) is 16.8 Å². The maximum Gasteiger partial charge on any atom is 0.488 e. The van der Waals surface area contributed by atoms with Gasteiger partial charge >= 0.3 is 7.12 Å². The molecule has 0 heterocycles. The van der Waals surface area contributed by atoms with E-state index in [1.807, 2.05) is 0 Å². The molecule has 0 saturated heterocycles. The van der Waals surface area contributed by atoms with Crippen molar-refractivity contribution in [3.63, 3.8) is 0 Å². The Morgan fingerprint density at radius 1 is 1.20 bits per heavy atom. The number of nitrogens with zero attached hydrogens (tertiary/aromatic N) is 1. The summed E-state index contributed by atoms with van der Waals surface area (Å²) in [5.41, 5.74) is 0.933. The Morgan fingerprint density at radius 3 is 2.70 bits per heavy atom. The molecule has 2 aromatic carbocycles. The number of rotatable bonds is 4. The van der Waals surface area contributed by atoms with Gasteiger partial charge in [-0.1, -0.05) is 18.2 Å². The molecule has 100 valence electrons. The number of benzene rings is 2. The molecule has 6 heteroatoms. The Bertz CT molecular complexity index is 655. The van der Waals surface area contributed by atoms with Crippen LogP contribution in [0.25, 0.3) is 0 Å². The molecule has 0 aromatic heterocycles. The Labute approximate surface area is 115 Å². The van der Waals surface area contributed by atoms with Gasteiger partial charge in [-0.3, -0.25) is 0 Å². The van der Waals surface area contributed by atoms with Crippen molar-refractivity contribution in [3.05, 3.63) is 59.4 Å². The minimum atomic E-state index is -1.56. The first-order valence-electron chi connectivity index (χ1n) is 5.87. The molecule has 2 N–H and O–H groups in total. The maximum atomic E-state index is 13.2. The van der Waals surface area contributed by atoms with Crippen molar-refractivity contribution in [1.29, 1.82) is 5.26 Å². The normalized spacial score (nSPS) is 9.90. The average Bonchev–Trinajstić information content (AvgIpc) is 2.46. The van der Waals surface area contributed by atoms with Crippen LogP contribution >= 0.6 is 0 Å². The van der Waals surface area contributed by atoms with E-state index in [4.69, 9.17) is 20.0 Å².